The Morgan fingerprint density at radius 3 is 2.77 bits per heavy atom. The Morgan fingerprint density at radius 2 is 2.08 bits per heavy atom. The van der Waals surface area contributed by atoms with Crippen molar-refractivity contribution >= 4 is 0 Å². The third kappa shape index (κ3) is 4.10. The molecular weight excluding hydrogens is 162 g/mol. The zero-order chi connectivity index (χ0) is 9.52. The molecule has 0 aromatic rings. The van der Waals surface area contributed by atoms with E-state index in [4.69, 9.17) is 5.11 Å². The molecule has 0 aromatic heterocycles. The van der Waals surface area contributed by atoms with Crippen molar-refractivity contribution in [1.29, 1.82) is 0 Å². The van der Waals surface area contributed by atoms with Gasteiger partial charge in [-0.2, -0.15) is 0 Å². The highest BCUT2D eigenvalue weighted by atomic mass is 16.3. The van der Waals surface area contributed by atoms with Crippen LogP contribution in [0, 0.1) is 5.92 Å². The molecule has 1 fully saturated rings. The summed E-state index contributed by atoms with van der Waals surface area (Å²) < 4.78 is 0. The lowest BCUT2D eigenvalue weighted by Gasteiger charge is -2.15. The second-order valence-electron chi connectivity index (χ2n) is 4.16. The van der Waals surface area contributed by atoms with E-state index in [1.54, 1.807) is 0 Å². The van der Waals surface area contributed by atoms with Crippen LogP contribution in [0.4, 0.5) is 0 Å². The second-order valence-corrected chi connectivity index (χ2v) is 4.16. The molecule has 0 amide bonds. The van der Waals surface area contributed by atoms with Gasteiger partial charge in [0.2, 0.25) is 0 Å². The van der Waals surface area contributed by atoms with Gasteiger partial charge in [-0.3, -0.25) is 0 Å². The number of aliphatic hydroxyl groups is 1. The fourth-order valence-electron chi connectivity index (χ4n) is 2.26. The minimum Gasteiger partial charge on any atom is -0.395 e. The van der Waals surface area contributed by atoms with Gasteiger partial charge in [-0.25, -0.2) is 0 Å². The molecule has 2 heteroatoms. The summed E-state index contributed by atoms with van der Waals surface area (Å²) in [5.74, 6) is 0.959. The summed E-state index contributed by atoms with van der Waals surface area (Å²) in [6.07, 6.45) is 8.09. The lowest BCUT2D eigenvalue weighted by atomic mass is 9.98. The molecule has 1 rings (SSSR count). The van der Waals surface area contributed by atoms with Crippen molar-refractivity contribution in [3.8, 4) is 0 Å². The Hall–Kier alpha value is -0.0800. The van der Waals surface area contributed by atoms with Crippen LogP contribution in [0.5, 0.6) is 0 Å². The molecular formula is C11H23NO. The molecule has 0 saturated heterocycles. The van der Waals surface area contributed by atoms with Crippen LogP contribution in [-0.4, -0.2) is 24.3 Å². The van der Waals surface area contributed by atoms with E-state index in [9.17, 15) is 0 Å². The molecule has 0 bridgehead atoms. The number of hydrogen-bond acceptors (Lipinski definition) is 2. The maximum absolute atomic E-state index is 8.70. The normalized spacial score (nSPS) is 30.0. The van der Waals surface area contributed by atoms with E-state index in [1.807, 2.05) is 0 Å². The highest BCUT2D eigenvalue weighted by Gasteiger charge is 2.16. The molecule has 0 heterocycles. The van der Waals surface area contributed by atoms with Crippen LogP contribution in [0.25, 0.3) is 0 Å². The first kappa shape index (κ1) is 11.0. The largest absolute Gasteiger partial charge is 0.395 e. The van der Waals surface area contributed by atoms with Crippen molar-refractivity contribution in [3.63, 3.8) is 0 Å². The van der Waals surface area contributed by atoms with Gasteiger partial charge in [0.15, 0.2) is 0 Å². The SMILES string of the molecule is CCC1CCCC(NCCO)CC1. The quantitative estimate of drug-likeness (QED) is 0.656. The lowest BCUT2D eigenvalue weighted by molar-refractivity contribution is 0.279. The number of nitrogens with one attached hydrogen (secondary N) is 1. The Kier molecular flexibility index (Phi) is 5.40. The molecule has 2 nitrogen and oxygen atoms in total. The van der Waals surface area contributed by atoms with Gasteiger partial charge < -0.3 is 10.4 Å². The van der Waals surface area contributed by atoms with E-state index in [2.05, 4.69) is 12.2 Å². The zero-order valence-electron chi connectivity index (χ0n) is 8.76. The first-order valence-corrected chi connectivity index (χ1v) is 5.71. The highest BCUT2D eigenvalue weighted by Crippen LogP contribution is 2.25. The van der Waals surface area contributed by atoms with E-state index in [0.29, 0.717) is 6.04 Å². The monoisotopic (exact) mass is 185 g/mol. The van der Waals surface area contributed by atoms with Crippen molar-refractivity contribution in [2.75, 3.05) is 13.2 Å². The van der Waals surface area contributed by atoms with E-state index in [0.717, 1.165) is 12.5 Å². The Balaban J connectivity index is 2.19. The summed E-state index contributed by atoms with van der Waals surface area (Å²) in [4.78, 5) is 0. The van der Waals surface area contributed by atoms with Crippen LogP contribution in [0.15, 0.2) is 0 Å². The molecule has 1 saturated carbocycles. The number of hydrogen-bond donors (Lipinski definition) is 2. The minimum absolute atomic E-state index is 0.272. The maximum Gasteiger partial charge on any atom is 0.0556 e. The number of aliphatic hydroxyl groups excluding tert-OH is 1. The second kappa shape index (κ2) is 6.39. The van der Waals surface area contributed by atoms with Crippen molar-refractivity contribution < 1.29 is 5.11 Å². The van der Waals surface area contributed by atoms with Crippen LogP contribution in [0.3, 0.4) is 0 Å². The van der Waals surface area contributed by atoms with Gasteiger partial charge in [0.1, 0.15) is 0 Å². The molecule has 1 aliphatic rings. The van der Waals surface area contributed by atoms with Gasteiger partial charge in [0.05, 0.1) is 6.61 Å². The molecule has 2 unspecified atom stereocenters. The lowest BCUT2D eigenvalue weighted by Crippen LogP contribution is -2.30. The summed E-state index contributed by atoms with van der Waals surface area (Å²) in [7, 11) is 0. The van der Waals surface area contributed by atoms with Gasteiger partial charge in [-0.15, -0.1) is 0 Å². The number of rotatable bonds is 4. The molecule has 0 spiro atoms. The molecule has 1 aliphatic carbocycles. The average molecular weight is 185 g/mol. The van der Waals surface area contributed by atoms with Crippen LogP contribution < -0.4 is 5.32 Å². The Morgan fingerprint density at radius 1 is 1.23 bits per heavy atom. The molecule has 0 aromatic carbocycles. The molecule has 2 N–H and O–H groups in total. The van der Waals surface area contributed by atoms with Crippen molar-refractivity contribution in [1.82, 2.24) is 5.32 Å². The first-order chi connectivity index (χ1) is 6.36. The van der Waals surface area contributed by atoms with Crippen LogP contribution in [0.1, 0.15) is 45.4 Å². The highest BCUT2D eigenvalue weighted by molar-refractivity contribution is 4.74. The molecule has 0 radical (unpaired) electrons. The van der Waals surface area contributed by atoms with Crippen LogP contribution in [0.2, 0.25) is 0 Å². The van der Waals surface area contributed by atoms with Crippen LogP contribution >= 0.6 is 0 Å². The summed E-state index contributed by atoms with van der Waals surface area (Å²) in [5.41, 5.74) is 0. The van der Waals surface area contributed by atoms with E-state index < -0.39 is 0 Å². The maximum atomic E-state index is 8.70. The molecule has 13 heavy (non-hydrogen) atoms. The van der Waals surface area contributed by atoms with Gasteiger partial charge >= 0.3 is 0 Å². The first-order valence-electron chi connectivity index (χ1n) is 5.71. The molecule has 2 atom stereocenters. The van der Waals surface area contributed by atoms with Gasteiger partial charge in [0, 0.05) is 12.6 Å². The van der Waals surface area contributed by atoms with Crippen molar-refractivity contribution in [3.05, 3.63) is 0 Å². The van der Waals surface area contributed by atoms with E-state index in [-0.39, 0.29) is 6.61 Å². The fraction of sp³-hybridized carbons (Fsp3) is 1.00. The standard InChI is InChI=1S/C11H23NO/c1-2-10-4-3-5-11(7-6-10)12-8-9-13/h10-13H,2-9H2,1H3. The predicted octanol–water partition coefficient (Wildman–Crippen LogP) is 1.93. The Labute approximate surface area is 81.7 Å². The predicted molar refractivity (Wildman–Crippen MR) is 55.7 cm³/mol. The summed E-state index contributed by atoms with van der Waals surface area (Å²) in [6.45, 7) is 3.33. The van der Waals surface area contributed by atoms with Crippen LogP contribution in [-0.2, 0) is 0 Å². The van der Waals surface area contributed by atoms with E-state index in [1.165, 1.54) is 38.5 Å². The summed E-state index contributed by atoms with van der Waals surface area (Å²) >= 11 is 0. The third-order valence-electron chi connectivity index (χ3n) is 3.21. The smallest absolute Gasteiger partial charge is 0.0556 e. The minimum atomic E-state index is 0.272. The molecule has 78 valence electrons. The van der Waals surface area contributed by atoms with Crippen molar-refractivity contribution in [2.45, 2.75) is 51.5 Å². The summed E-state index contributed by atoms with van der Waals surface area (Å²) in [5, 5.41) is 12.1. The van der Waals surface area contributed by atoms with Crippen molar-refractivity contribution in [2.24, 2.45) is 5.92 Å². The van der Waals surface area contributed by atoms with E-state index >= 15 is 0 Å². The topological polar surface area (TPSA) is 32.3 Å². The van der Waals surface area contributed by atoms with Gasteiger partial charge in [0.25, 0.3) is 0 Å². The fourth-order valence-corrected chi connectivity index (χ4v) is 2.26. The molecule has 0 aliphatic heterocycles. The average Bonchev–Trinajstić information content (AvgIpc) is 2.39. The third-order valence-corrected chi connectivity index (χ3v) is 3.21. The zero-order valence-corrected chi connectivity index (χ0v) is 8.76. The Bertz CT molecular complexity index is 127. The van der Waals surface area contributed by atoms with Gasteiger partial charge in [-0.1, -0.05) is 26.2 Å². The van der Waals surface area contributed by atoms with Gasteiger partial charge in [-0.05, 0) is 25.2 Å². The summed E-state index contributed by atoms with van der Waals surface area (Å²) in [6, 6.07) is 0.670.